The molecule has 2 rings (SSSR count). The second-order valence-corrected chi connectivity index (χ2v) is 4.42. The fraction of sp³-hybridized carbons (Fsp3) is 0.818. The highest BCUT2D eigenvalue weighted by molar-refractivity contribution is 5.90. The topological polar surface area (TPSA) is 49.4 Å². The Balaban J connectivity index is 2.07. The highest BCUT2D eigenvalue weighted by Gasteiger charge is 2.37. The van der Waals surface area contributed by atoms with Crippen molar-refractivity contribution in [2.24, 2.45) is 0 Å². The van der Waals surface area contributed by atoms with Crippen molar-refractivity contribution in [3.05, 3.63) is 0 Å². The number of nitrogens with one attached hydrogen (secondary N) is 1. The van der Waals surface area contributed by atoms with Crippen molar-refractivity contribution in [2.75, 3.05) is 6.54 Å². The number of rotatable bonds is 3. The molecule has 0 bridgehead atoms. The third-order valence-corrected chi connectivity index (χ3v) is 3.06. The lowest BCUT2D eigenvalue weighted by molar-refractivity contribution is -0.134. The normalized spacial score (nSPS) is 27.5. The van der Waals surface area contributed by atoms with Crippen LogP contribution in [-0.2, 0) is 9.59 Å². The summed E-state index contributed by atoms with van der Waals surface area (Å²) in [4.78, 5) is 25.4. The maximum atomic E-state index is 12.1. The van der Waals surface area contributed by atoms with Crippen LogP contribution in [0.5, 0.6) is 0 Å². The lowest BCUT2D eigenvalue weighted by atomic mass is 10.1. The fourth-order valence-corrected chi connectivity index (χ4v) is 2.09. The number of carbonyl (C=O) groups excluding carboxylic acids is 2. The van der Waals surface area contributed by atoms with Crippen molar-refractivity contribution in [2.45, 2.75) is 51.1 Å². The van der Waals surface area contributed by atoms with Gasteiger partial charge in [0.25, 0.3) is 0 Å². The van der Waals surface area contributed by atoms with Crippen LogP contribution in [-0.4, -0.2) is 35.3 Å². The quantitative estimate of drug-likeness (QED) is 0.744. The molecule has 2 fully saturated rings. The van der Waals surface area contributed by atoms with E-state index < -0.39 is 0 Å². The van der Waals surface area contributed by atoms with E-state index in [9.17, 15) is 9.59 Å². The third-order valence-electron chi connectivity index (χ3n) is 3.06. The van der Waals surface area contributed by atoms with E-state index in [1.807, 2.05) is 11.8 Å². The molecule has 4 heteroatoms. The molecular weight excluding hydrogens is 192 g/mol. The highest BCUT2D eigenvalue weighted by Crippen LogP contribution is 2.28. The molecule has 0 aromatic heterocycles. The molecule has 4 nitrogen and oxygen atoms in total. The van der Waals surface area contributed by atoms with Crippen LogP contribution >= 0.6 is 0 Å². The zero-order valence-electron chi connectivity index (χ0n) is 9.16. The largest absolute Gasteiger partial charge is 0.344 e. The molecule has 1 saturated carbocycles. The average molecular weight is 210 g/mol. The molecule has 0 aromatic rings. The van der Waals surface area contributed by atoms with Gasteiger partial charge in [-0.1, -0.05) is 13.3 Å². The van der Waals surface area contributed by atoms with E-state index >= 15 is 0 Å². The number of carbonyl (C=O) groups is 2. The molecule has 0 spiro atoms. The Morgan fingerprint density at radius 3 is 2.73 bits per heavy atom. The van der Waals surface area contributed by atoms with Crippen LogP contribution < -0.4 is 5.32 Å². The second-order valence-electron chi connectivity index (χ2n) is 4.42. The van der Waals surface area contributed by atoms with Crippen molar-refractivity contribution >= 4 is 11.8 Å². The van der Waals surface area contributed by atoms with Crippen LogP contribution in [0.15, 0.2) is 0 Å². The minimum Gasteiger partial charge on any atom is -0.344 e. The van der Waals surface area contributed by atoms with E-state index in [1.165, 1.54) is 0 Å². The van der Waals surface area contributed by atoms with E-state index in [0.29, 0.717) is 19.0 Å². The van der Waals surface area contributed by atoms with Gasteiger partial charge in [-0.25, -0.2) is 0 Å². The Morgan fingerprint density at radius 1 is 1.40 bits per heavy atom. The molecule has 1 N–H and O–H groups in total. The monoisotopic (exact) mass is 210 g/mol. The van der Waals surface area contributed by atoms with Gasteiger partial charge in [-0.15, -0.1) is 0 Å². The number of hydrogen-bond acceptors (Lipinski definition) is 2. The minimum atomic E-state index is -0.273. The molecule has 1 saturated heterocycles. The van der Waals surface area contributed by atoms with Crippen LogP contribution in [0.1, 0.15) is 39.0 Å². The zero-order valence-corrected chi connectivity index (χ0v) is 9.16. The summed E-state index contributed by atoms with van der Waals surface area (Å²) in [5.41, 5.74) is 0. The summed E-state index contributed by atoms with van der Waals surface area (Å²) in [7, 11) is 0. The Kier molecular flexibility index (Phi) is 2.93. The SMILES string of the molecule is CCCC1NC(=O)CCN(C2CC2)C1=O. The Bertz CT molecular complexity index is 274. The molecule has 2 aliphatic rings. The van der Waals surface area contributed by atoms with Crippen LogP contribution in [0.2, 0.25) is 0 Å². The van der Waals surface area contributed by atoms with Crippen LogP contribution in [0.4, 0.5) is 0 Å². The predicted octanol–water partition coefficient (Wildman–Crippen LogP) is 0.666. The van der Waals surface area contributed by atoms with E-state index in [0.717, 1.165) is 25.7 Å². The van der Waals surface area contributed by atoms with Crippen molar-refractivity contribution in [3.63, 3.8) is 0 Å². The standard InChI is InChI=1S/C11H18N2O2/c1-2-3-9-11(15)13(8-4-5-8)7-6-10(14)12-9/h8-9H,2-7H2,1H3,(H,12,14). The molecular formula is C11H18N2O2. The van der Waals surface area contributed by atoms with Crippen LogP contribution in [0, 0.1) is 0 Å². The second kappa shape index (κ2) is 4.21. The molecule has 1 atom stereocenters. The molecule has 1 unspecified atom stereocenters. The smallest absolute Gasteiger partial charge is 0.245 e. The van der Waals surface area contributed by atoms with Gasteiger partial charge in [-0.05, 0) is 19.3 Å². The number of amides is 2. The Labute approximate surface area is 90.0 Å². The van der Waals surface area contributed by atoms with E-state index in [4.69, 9.17) is 0 Å². The van der Waals surface area contributed by atoms with Crippen molar-refractivity contribution < 1.29 is 9.59 Å². The van der Waals surface area contributed by atoms with Crippen LogP contribution in [0.3, 0.4) is 0 Å². The molecule has 2 amide bonds. The highest BCUT2D eigenvalue weighted by atomic mass is 16.2. The van der Waals surface area contributed by atoms with Gasteiger partial charge in [0.2, 0.25) is 11.8 Å². The minimum absolute atomic E-state index is 0.0185. The van der Waals surface area contributed by atoms with Gasteiger partial charge >= 0.3 is 0 Å². The third kappa shape index (κ3) is 2.30. The molecule has 0 aromatic carbocycles. The van der Waals surface area contributed by atoms with Gasteiger partial charge in [0.1, 0.15) is 6.04 Å². The van der Waals surface area contributed by atoms with Gasteiger partial charge in [0, 0.05) is 19.0 Å². The summed E-state index contributed by atoms with van der Waals surface area (Å²) in [5, 5.41) is 2.81. The van der Waals surface area contributed by atoms with Gasteiger partial charge < -0.3 is 10.2 Å². The Hall–Kier alpha value is -1.06. The number of nitrogens with zero attached hydrogens (tertiary/aromatic N) is 1. The van der Waals surface area contributed by atoms with Crippen LogP contribution in [0.25, 0.3) is 0 Å². The average Bonchev–Trinajstić information content (AvgIpc) is 3.00. The lowest BCUT2D eigenvalue weighted by Crippen LogP contribution is -2.45. The van der Waals surface area contributed by atoms with E-state index in [-0.39, 0.29) is 17.9 Å². The number of hydrogen-bond donors (Lipinski definition) is 1. The first kappa shape index (κ1) is 10.5. The summed E-state index contributed by atoms with van der Waals surface area (Å²) in [6, 6.07) is 0.148. The summed E-state index contributed by atoms with van der Waals surface area (Å²) >= 11 is 0. The lowest BCUT2D eigenvalue weighted by Gasteiger charge is -2.23. The van der Waals surface area contributed by atoms with Crippen molar-refractivity contribution in [1.82, 2.24) is 10.2 Å². The van der Waals surface area contributed by atoms with E-state index in [2.05, 4.69) is 5.32 Å². The summed E-state index contributed by atoms with van der Waals surface area (Å²) in [5.74, 6) is 0.148. The fourth-order valence-electron chi connectivity index (χ4n) is 2.09. The first-order valence-corrected chi connectivity index (χ1v) is 5.82. The maximum absolute atomic E-state index is 12.1. The van der Waals surface area contributed by atoms with Gasteiger partial charge in [0.15, 0.2) is 0 Å². The van der Waals surface area contributed by atoms with Gasteiger partial charge in [-0.3, -0.25) is 9.59 Å². The molecule has 1 aliphatic carbocycles. The maximum Gasteiger partial charge on any atom is 0.245 e. The summed E-state index contributed by atoms with van der Waals surface area (Å²) in [6.45, 7) is 2.64. The first-order chi connectivity index (χ1) is 7.22. The molecule has 1 heterocycles. The first-order valence-electron chi connectivity index (χ1n) is 5.82. The molecule has 84 valence electrons. The predicted molar refractivity (Wildman–Crippen MR) is 56.2 cm³/mol. The van der Waals surface area contributed by atoms with Crippen molar-refractivity contribution in [1.29, 1.82) is 0 Å². The summed E-state index contributed by atoms with van der Waals surface area (Å²) < 4.78 is 0. The molecule has 0 radical (unpaired) electrons. The molecule has 15 heavy (non-hydrogen) atoms. The molecule has 1 aliphatic heterocycles. The van der Waals surface area contributed by atoms with E-state index in [1.54, 1.807) is 0 Å². The van der Waals surface area contributed by atoms with Crippen molar-refractivity contribution in [3.8, 4) is 0 Å². The van der Waals surface area contributed by atoms with Gasteiger partial charge in [0.05, 0.1) is 0 Å². The Morgan fingerprint density at radius 2 is 2.13 bits per heavy atom. The summed E-state index contributed by atoms with van der Waals surface area (Å²) in [6.07, 6.45) is 4.36. The van der Waals surface area contributed by atoms with Gasteiger partial charge in [-0.2, -0.15) is 0 Å². The zero-order chi connectivity index (χ0) is 10.8.